The number of nitrogens with zero attached hydrogens (tertiary/aromatic N) is 2. The molecular weight excluding hydrogens is 206 g/mol. The van der Waals surface area contributed by atoms with Crippen molar-refractivity contribution in [3.8, 4) is 0 Å². The Morgan fingerprint density at radius 1 is 1.53 bits per heavy atom. The van der Waals surface area contributed by atoms with Gasteiger partial charge in [-0.15, -0.1) is 11.3 Å². The van der Waals surface area contributed by atoms with Gasteiger partial charge in [0.2, 0.25) is 0 Å². The van der Waals surface area contributed by atoms with Crippen LogP contribution in [0.2, 0.25) is 0 Å². The van der Waals surface area contributed by atoms with Crippen molar-refractivity contribution in [2.45, 2.75) is 32.4 Å². The van der Waals surface area contributed by atoms with Crippen molar-refractivity contribution in [1.82, 2.24) is 15.2 Å². The Hall–Kier alpha value is -0.450. The van der Waals surface area contributed by atoms with Gasteiger partial charge in [-0.3, -0.25) is 0 Å². The van der Waals surface area contributed by atoms with Gasteiger partial charge in [-0.05, 0) is 27.4 Å². The maximum atomic E-state index is 4.31. The molecule has 0 spiro atoms. The number of rotatable bonds is 6. The first kappa shape index (κ1) is 12.6. The van der Waals surface area contributed by atoms with Gasteiger partial charge in [0.25, 0.3) is 0 Å². The van der Waals surface area contributed by atoms with E-state index in [1.807, 2.05) is 11.6 Å². The summed E-state index contributed by atoms with van der Waals surface area (Å²) in [5, 5.41) is 6.72. The van der Waals surface area contributed by atoms with Crippen molar-refractivity contribution in [3.63, 3.8) is 0 Å². The molecule has 0 aliphatic heterocycles. The van der Waals surface area contributed by atoms with Crippen LogP contribution in [-0.4, -0.2) is 36.6 Å². The third-order valence-electron chi connectivity index (χ3n) is 2.68. The largest absolute Gasteiger partial charge is 0.307 e. The van der Waals surface area contributed by atoms with Crippen LogP contribution in [0.15, 0.2) is 11.6 Å². The molecule has 1 aromatic heterocycles. The lowest BCUT2D eigenvalue weighted by Crippen LogP contribution is -2.38. The van der Waals surface area contributed by atoms with Crippen LogP contribution in [0.25, 0.3) is 0 Å². The predicted octanol–water partition coefficient (Wildman–Crippen LogP) is 2.13. The molecule has 0 saturated carbocycles. The maximum Gasteiger partial charge on any atom is 0.109 e. The Labute approximate surface area is 96.5 Å². The second-order valence-corrected chi connectivity index (χ2v) is 4.95. The molecule has 3 nitrogen and oxygen atoms in total. The van der Waals surface area contributed by atoms with E-state index in [0.717, 1.165) is 6.54 Å². The first-order valence-electron chi connectivity index (χ1n) is 5.44. The lowest BCUT2D eigenvalue weighted by Gasteiger charge is -2.24. The molecule has 2 atom stereocenters. The van der Waals surface area contributed by atoms with Crippen molar-refractivity contribution in [1.29, 1.82) is 0 Å². The van der Waals surface area contributed by atoms with Crippen LogP contribution in [0.3, 0.4) is 0 Å². The minimum Gasteiger partial charge on any atom is -0.307 e. The molecule has 86 valence electrons. The second-order valence-electron chi connectivity index (χ2n) is 4.03. The molecule has 0 saturated heterocycles. The van der Waals surface area contributed by atoms with Crippen LogP contribution in [-0.2, 0) is 0 Å². The third kappa shape index (κ3) is 3.89. The number of nitrogens with one attached hydrogen (secondary N) is 1. The van der Waals surface area contributed by atoms with Gasteiger partial charge in [-0.25, -0.2) is 4.98 Å². The monoisotopic (exact) mass is 227 g/mol. The van der Waals surface area contributed by atoms with Crippen LogP contribution in [0, 0.1) is 0 Å². The van der Waals surface area contributed by atoms with Gasteiger partial charge in [0, 0.05) is 24.2 Å². The maximum absolute atomic E-state index is 4.31. The van der Waals surface area contributed by atoms with Gasteiger partial charge in [-0.2, -0.15) is 0 Å². The fourth-order valence-corrected chi connectivity index (χ4v) is 2.21. The Bertz CT molecular complexity index is 259. The fraction of sp³-hybridized carbons (Fsp3) is 0.727. The second kappa shape index (κ2) is 6.20. The summed E-state index contributed by atoms with van der Waals surface area (Å²) in [5.74, 6) is 0. The molecule has 0 fully saturated rings. The summed E-state index contributed by atoms with van der Waals surface area (Å²) in [7, 11) is 4.26. The van der Waals surface area contributed by atoms with E-state index in [4.69, 9.17) is 0 Å². The van der Waals surface area contributed by atoms with Crippen LogP contribution >= 0.6 is 11.3 Å². The van der Waals surface area contributed by atoms with E-state index in [1.54, 1.807) is 11.3 Å². The zero-order chi connectivity index (χ0) is 11.3. The highest BCUT2D eigenvalue weighted by Gasteiger charge is 2.12. The van der Waals surface area contributed by atoms with Crippen molar-refractivity contribution < 1.29 is 0 Å². The highest BCUT2D eigenvalue weighted by Crippen LogP contribution is 2.14. The summed E-state index contributed by atoms with van der Waals surface area (Å²) in [5.41, 5.74) is 0. The summed E-state index contributed by atoms with van der Waals surface area (Å²) in [6.45, 7) is 5.41. The quantitative estimate of drug-likeness (QED) is 0.807. The number of thiazole rings is 1. The van der Waals surface area contributed by atoms with Gasteiger partial charge < -0.3 is 10.2 Å². The van der Waals surface area contributed by atoms with Gasteiger partial charge in [0.1, 0.15) is 5.01 Å². The minimum atomic E-state index is 0.360. The summed E-state index contributed by atoms with van der Waals surface area (Å²) < 4.78 is 0. The standard InChI is InChI=1S/C11H21N3S/c1-5-10(14(3)4)8-13-9(2)11-12-6-7-15-11/h6-7,9-10,13H,5,8H2,1-4H3. The number of hydrogen-bond acceptors (Lipinski definition) is 4. The Kier molecular flexibility index (Phi) is 5.22. The van der Waals surface area contributed by atoms with E-state index in [0.29, 0.717) is 12.1 Å². The SMILES string of the molecule is CCC(CNC(C)c1nccs1)N(C)C. The minimum absolute atomic E-state index is 0.360. The fourth-order valence-electron chi connectivity index (χ4n) is 1.54. The van der Waals surface area contributed by atoms with Crippen molar-refractivity contribution in [2.75, 3.05) is 20.6 Å². The summed E-state index contributed by atoms with van der Waals surface area (Å²) >= 11 is 1.71. The van der Waals surface area contributed by atoms with E-state index in [-0.39, 0.29) is 0 Å². The van der Waals surface area contributed by atoms with Gasteiger partial charge in [0.15, 0.2) is 0 Å². The topological polar surface area (TPSA) is 28.2 Å². The van der Waals surface area contributed by atoms with Crippen LogP contribution < -0.4 is 5.32 Å². The Morgan fingerprint density at radius 3 is 2.73 bits per heavy atom. The molecule has 0 amide bonds. The van der Waals surface area contributed by atoms with Crippen molar-refractivity contribution >= 4 is 11.3 Å². The van der Waals surface area contributed by atoms with Gasteiger partial charge in [0.05, 0.1) is 6.04 Å². The van der Waals surface area contributed by atoms with E-state index < -0.39 is 0 Å². The molecule has 1 rings (SSSR count). The first-order valence-corrected chi connectivity index (χ1v) is 6.32. The van der Waals surface area contributed by atoms with E-state index in [1.165, 1.54) is 11.4 Å². The average molecular weight is 227 g/mol. The van der Waals surface area contributed by atoms with E-state index in [9.17, 15) is 0 Å². The third-order valence-corrected chi connectivity index (χ3v) is 3.64. The van der Waals surface area contributed by atoms with Crippen LogP contribution in [0.5, 0.6) is 0 Å². The summed E-state index contributed by atoms with van der Waals surface area (Å²) in [4.78, 5) is 6.57. The molecule has 0 bridgehead atoms. The number of likely N-dealkylation sites (N-methyl/N-ethyl adjacent to an activating group) is 1. The van der Waals surface area contributed by atoms with Crippen LogP contribution in [0.4, 0.5) is 0 Å². The highest BCUT2D eigenvalue weighted by atomic mass is 32.1. The van der Waals surface area contributed by atoms with Crippen molar-refractivity contribution in [2.24, 2.45) is 0 Å². The molecule has 1 heterocycles. The highest BCUT2D eigenvalue weighted by molar-refractivity contribution is 7.09. The average Bonchev–Trinajstić information content (AvgIpc) is 2.70. The lowest BCUT2D eigenvalue weighted by molar-refractivity contribution is 0.270. The zero-order valence-corrected chi connectivity index (χ0v) is 10.8. The Morgan fingerprint density at radius 2 is 2.27 bits per heavy atom. The molecule has 1 aromatic rings. The van der Waals surface area contributed by atoms with Gasteiger partial charge in [-0.1, -0.05) is 6.92 Å². The molecule has 4 heteroatoms. The van der Waals surface area contributed by atoms with Gasteiger partial charge >= 0.3 is 0 Å². The molecule has 0 aliphatic carbocycles. The zero-order valence-electron chi connectivity index (χ0n) is 10.0. The summed E-state index contributed by atoms with van der Waals surface area (Å²) in [6, 6.07) is 0.964. The smallest absolute Gasteiger partial charge is 0.109 e. The predicted molar refractivity (Wildman–Crippen MR) is 66.3 cm³/mol. The Balaban J connectivity index is 2.36. The first-order chi connectivity index (χ1) is 7.15. The molecule has 0 aliphatic rings. The van der Waals surface area contributed by atoms with Crippen LogP contribution in [0.1, 0.15) is 31.3 Å². The van der Waals surface area contributed by atoms with Crippen molar-refractivity contribution in [3.05, 3.63) is 16.6 Å². The van der Waals surface area contributed by atoms with E-state index >= 15 is 0 Å². The van der Waals surface area contributed by atoms with E-state index in [2.05, 4.69) is 43.1 Å². The molecular formula is C11H21N3S. The lowest BCUT2D eigenvalue weighted by atomic mass is 10.2. The molecule has 2 unspecified atom stereocenters. The normalized spacial score (nSPS) is 15.5. The summed E-state index contributed by atoms with van der Waals surface area (Å²) in [6.07, 6.45) is 3.03. The molecule has 0 radical (unpaired) electrons. The molecule has 1 N–H and O–H groups in total. The molecule has 15 heavy (non-hydrogen) atoms. The molecule has 0 aromatic carbocycles. The number of aromatic nitrogens is 1. The number of hydrogen-bond donors (Lipinski definition) is 1.